The number of benzene rings is 4. The normalized spacial score (nSPS) is 11.9. The van der Waals surface area contributed by atoms with Gasteiger partial charge in [0.15, 0.2) is 0 Å². The van der Waals surface area contributed by atoms with Gasteiger partial charge in [-0.25, -0.2) is 0 Å². The third-order valence-electron chi connectivity index (χ3n) is 9.65. The maximum atomic E-state index is 5.06. The van der Waals surface area contributed by atoms with Gasteiger partial charge in [-0.05, 0) is 109 Å². The van der Waals surface area contributed by atoms with Crippen LogP contribution in [-0.4, -0.2) is 11.9 Å². The molecule has 0 radical (unpaired) electrons. The first-order valence-corrected chi connectivity index (χ1v) is 19.6. The predicted molar refractivity (Wildman–Crippen MR) is 217 cm³/mol. The van der Waals surface area contributed by atoms with Gasteiger partial charge < -0.3 is 0 Å². The highest BCUT2D eigenvalue weighted by Crippen LogP contribution is 2.39. The van der Waals surface area contributed by atoms with Crippen molar-refractivity contribution >= 4 is 23.3 Å². The zero-order chi connectivity index (χ0) is 34.5. The maximum absolute atomic E-state index is 5.06. The summed E-state index contributed by atoms with van der Waals surface area (Å²) in [6, 6.07) is 33.1. The number of rotatable bonds is 22. The molecule has 49 heavy (non-hydrogen) atoms. The molecule has 260 valence electrons. The zero-order valence-electron chi connectivity index (χ0n) is 31.2. The standard InChI is InChI=1S/C47H62N2/c1-5-8-11-13-15-19-26-39-32-33-44(34-42(39)31-20-16-14-12-9-6-2)49-38(4)37-48-45-35-43(25-10-7-3)47(41-29-23-18-24-30-41)46(36-45)40-27-21-17-22-28-40/h17-18,21-24,27-30,32-37H,5-16,19-20,25-26,31H2,1-4H3. The van der Waals surface area contributed by atoms with Crippen LogP contribution in [0.2, 0.25) is 0 Å². The molecule has 4 aromatic rings. The molecule has 0 spiro atoms. The SMILES string of the molecule is CCCCCCCCc1ccc(N=C(C)C=Nc2cc(CCCC)c(-c3ccccc3)c(-c3ccccc3)c2)cc1CCCCCCCC. The first-order valence-electron chi connectivity index (χ1n) is 19.6. The van der Waals surface area contributed by atoms with Crippen molar-refractivity contribution in [1.82, 2.24) is 0 Å². The van der Waals surface area contributed by atoms with Crippen LogP contribution in [-0.2, 0) is 19.3 Å². The minimum atomic E-state index is 0.928. The lowest BCUT2D eigenvalue weighted by atomic mass is 9.88. The quantitative estimate of drug-likeness (QED) is 0.0595. The molecule has 0 fully saturated rings. The lowest BCUT2D eigenvalue weighted by Gasteiger charge is -2.17. The van der Waals surface area contributed by atoms with Crippen molar-refractivity contribution in [2.24, 2.45) is 9.98 Å². The molecule has 0 heterocycles. The second kappa shape index (κ2) is 22.0. The third kappa shape index (κ3) is 12.9. The van der Waals surface area contributed by atoms with Gasteiger partial charge in [-0.1, -0.05) is 158 Å². The lowest BCUT2D eigenvalue weighted by molar-refractivity contribution is 0.599. The molecule has 0 unspecified atom stereocenters. The summed E-state index contributed by atoms with van der Waals surface area (Å²) in [6.45, 7) is 8.93. The van der Waals surface area contributed by atoms with Crippen molar-refractivity contribution in [2.75, 3.05) is 0 Å². The van der Waals surface area contributed by atoms with E-state index < -0.39 is 0 Å². The molecule has 2 nitrogen and oxygen atoms in total. The van der Waals surface area contributed by atoms with Gasteiger partial charge in [0.25, 0.3) is 0 Å². The Bertz CT molecular complexity index is 1560. The van der Waals surface area contributed by atoms with Gasteiger partial charge in [0, 0.05) is 6.21 Å². The molecule has 0 aliphatic heterocycles. The molecule has 0 saturated carbocycles. The number of nitrogens with zero attached hydrogens (tertiary/aromatic N) is 2. The molecule has 0 aliphatic carbocycles. The molecule has 4 rings (SSSR count). The molecule has 2 heteroatoms. The molecule has 0 aliphatic rings. The Morgan fingerprint density at radius 3 is 1.65 bits per heavy atom. The largest absolute Gasteiger partial charge is 0.255 e. The molecule has 4 aromatic carbocycles. The van der Waals surface area contributed by atoms with E-state index >= 15 is 0 Å². The zero-order valence-corrected chi connectivity index (χ0v) is 31.2. The number of aliphatic imine (C=N–C) groups is 2. The molecular weight excluding hydrogens is 593 g/mol. The van der Waals surface area contributed by atoms with Crippen LogP contribution < -0.4 is 0 Å². The highest BCUT2D eigenvalue weighted by Gasteiger charge is 2.14. The molecular formula is C47H62N2. The summed E-state index contributed by atoms with van der Waals surface area (Å²) in [6.07, 6.45) is 23.7. The fourth-order valence-corrected chi connectivity index (χ4v) is 6.87. The van der Waals surface area contributed by atoms with E-state index in [4.69, 9.17) is 9.98 Å². The van der Waals surface area contributed by atoms with Gasteiger partial charge in [-0.3, -0.25) is 9.98 Å². The topological polar surface area (TPSA) is 24.7 Å². The van der Waals surface area contributed by atoms with Crippen molar-refractivity contribution in [3.05, 3.63) is 108 Å². The van der Waals surface area contributed by atoms with E-state index in [1.807, 2.05) is 6.21 Å². The average molecular weight is 655 g/mol. The number of hydrogen-bond donors (Lipinski definition) is 0. The number of aryl methyl sites for hydroxylation is 3. The summed E-state index contributed by atoms with van der Waals surface area (Å²) in [7, 11) is 0. The Kier molecular flexibility index (Phi) is 17.1. The fraction of sp³-hybridized carbons (Fsp3) is 0.447. The molecule has 0 saturated heterocycles. The number of unbranched alkanes of at least 4 members (excludes halogenated alkanes) is 11. The van der Waals surface area contributed by atoms with Crippen LogP contribution >= 0.6 is 0 Å². The Morgan fingerprint density at radius 1 is 0.490 bits per heavy atom. The van der Waals surface area contributed by atoms with Gasteiger partial charge in [-0.2, -0.15) is 0 Å². The summed E-state index contributed by atoms with van der Waals surface area (Å²) >= 11 is 0. The van der Waals surface area contributed by atoms with E-state index in [1.165, 1.54) is 122 Å². The average Bonchev–Trinajstić information content (AvgIpc) is 3.13. The van der Waals surface area contributed by atoms with Crippen LogP contribution in [0.25, 0.3) is 22.3 Å². The molecule has 0 aromatic heterocycles. The molecule has 0 bridgehead atoms. The monoisotopic (exact) mass is 654 g/mol. The van der Waals surface area contributed by atoms with E-state index in [0.717, 1.165) is 42.8 Å². The Labute approximate surface area is 299 Å². The lowest BCUT2D eigenvalue weighted by Crippen LogP contribution is -1.97. The summed E-state index contributed by atoms with van der Waals surface area (Å²) in [4.78, 5) is 10.1. The Morgan fingerprint density at radius 2 is 1.02 bits per heavy atom. The molecule has 0 N–H and O–H groups in total. The van der Waals surface area contributed by atoms with Gasteiger partial charge in [-0.15, -0.1) is 0 Å². The first-order chi connectivity index (χ1) is 24.1. The first kappa shape index (κ1) is 38.0. The van der Waals surface area contributed by atoms with Crippen LogP contribution in [0.1, 0.15) is 134 Å². The Balaban J connectivity index is 1.58. The van der Waals surface area contributed by atoms with Crippen LogP contribution in [0, 0.1) is 0 Å². The minimum absolute atomic E-state index is 0.928. The predicted octanol–water partition coefficient (Wildman–Crippen LogP) is 14.7. The summed E-state index contributed by atoms with van der Waals surface area (Å²) in [5, 5.41) is 0. The summed E-state index contributed by atoms with van der Waals surface area (Å²) in [5.74, 6) is 0. The van der Waals surface area contributed by atoms with Gasteiger partial charge in [0.2, 0.25) is 0 Å². The maximum Gasteiger partial charge on any atom is 0.0639 e. The van der Waals surface area contributed by atoms with Crippen molar-refractivity contribution in [2.45, 2.75) is 137 Å². The second-order valence-electron chi connectivity index (χ2n) is 13.9. The number of hydrogen-bond acceptors (Lipinski definition) is 2. The van der Waals surface area contributed by atoms with Gasteiger partial charge >= 0.3 is 0 Å². The highest BCUT2D eigenvalue weighted by atomic mass is 14.8. The van der Waals surface area contributed by atoms with Crippen LogP contribution in [0.3, 0.4) is 0 Å². The minimum Gasteiger partial charge on any atom is -0.255 e. The van der Waals surface area contributed by atoms with E-state index in [1.54, 1.807) is 0 Å². The van der Waals surface area contributed by atoms with Crippen LogP contribution in [0.4, 0.5) is 11.4 Å². The van der Waals surface area contributed by atoms with Crippen molar-refractivity contribution in [3.8, 4) is 22.3 Å². The van der Waals surface area contributed by atoms with Crippen molar-refractivity contribution < 1.29 is 0 Å². The fourth-order valence-electron chi connectivity index (χ4n) is 6.87. The highest BCUT2D eigenvalue weighted by molar-refractivity contribution is 6.30. The van der Waals surface area contributed by atoms with E-state index in [2.05, 4.69) is 119 Å². The van der Waals surface area contributed by atoms with Crippen molar-refractivity contribution in [1.29, 1.82) is 0 Å². The van der Waals surface area contributed by atoms with Crippen LogP contribution in [0.5, 0.6) is 0 Å². The summed E-state index contributed by atoms with van der Waals surface area (Å²) in [5.41, 5.74) is 12.4. The van der Waals surface area contributed by atoms with Gasteiger partial charge in [0.05, 0.1) is 17.1 Å². The van der Waals surface area contributed by atoms with E-state index in [9.17, 15) is 0 Å². The second-order valence-corrected chi connectivity index (χ2v) is 13.9. The van der Waals surface area contributed by atoms with E-state index in [0.29, 0.717) is 0 Å². The van der Waals surface area contributed by atoms with E-state index in [-0.39, 0.29) is 0 Å². The Hall–Kier alpha value is -3.78. The van der Waals surface area contributed by atoms with Crippen LogP contribution in [0.15, 0.2) is 101 Å². The third-order valence-corrected chi connectivity index (χ3v) is 9.65. The van der Waals surface area contributed by atoms with Gasteiger partial charge in [0.1, 0.15) is 0 Å². The summed E-state index contributed by atoms with van der Waals surface area (Å²) < 4.78 is 0. The molecule has 0 amide bonds. The van der Waals surface area contributed by atoms with Crippen molar-refractivity contribution in [3.63, 3.8) is 0 Å². The smallest absolute Gasteiger partial charge is 0.0639 e. The molecule has 0 atom stereocenters.